The number of aliphatic hydroxyl groups excluding tert-OH is 1. The van der Waals surface area contributed by atoms with Gasteiger partial charge in [-0.2, -0.15) is 0 Å². The first-order chi connectivity index (χ1) is 7.39. The number of rotatable bonds is 4. The SMILES string of the molecule is CC(O)CNC(=O)CC1CCS(=O)(=O)CC1. The number of hydrogen-bond acceptors (Lipinski definition) is 4. The van der Waals surface area contributed by atoms with Crippen LogP contribution in [0.1, 0.15) is 26.2 Å². The van der Waals surface area contributed by atoms with E-state index in [4.69, 9.17) is 5.11 Å². The highest BCUT2D eigenvalue weighted by molar-refractivity contribution is 7.91. The van der Waals surface area contributed by atoms with Crippen LogP contribution in [0.15, 0.2) is 0 Å². The van der Waals surface area contributed by atoms with Crippen LogP contribution in [0.4, 0.5) is 0 Å². The van der Waals surface area contributed by atoms with E-state index >= 15 is 0 Å². The lowest BCUT2D eigenvalue weighted by Crippen LogP contribution is -2.33. The second kappa shape index (κ2) is 5.63. The highest BCUT2D eigenvalue weighted by atomic mass is 32.2. The molecule has 0 aromatic carbocycles. The van der Waals surface area contributed by atoms with E-state index in [0.717, 1.165) is 0 Å². The van der Waals surface area contributed by atoms with E-state index < -0.39 is 15.9 Å². The van der Waals surface area contributed by atoms with Gasteiger partial charge in [-0.05, 0) is 25.7 Å². The molecule has 16 heavy (non-hydrogen) atoms. The zero-order valence-corrected chi connectivity index (χ0v) is 10.3. The summed E-state index contributed by atoms with van der Waals surface area (Å²) in [5.41, 5.74) is 0. The largest absolute Gasteiger partial charge is 0.392 e. The lowest BCUT2D eigenvalue weighted by molar-refractivity contribution is -0.122. The monoisotopic (exact) mass is 249 g/mol. The molecule has 0 aromatic heterocycles. The Balaban J connectivity index is 2.26. The van der Waals surface area contributed by atoms with Crippen LogP contribution in [0, 0.1) is 5.92 Å². The van der Waals surface area contributed by atoms with Gasteiger partial charge < -0.3 is 10.4 Å². The smallest absolute Gasteiger partial charge is 0.220 e. The fourth-order valence-corrected chi connectivity index (χ4v) is 3.33. The van der Waals surface area contributed by atoms with Crippen LogP contribution < -0.4 is 5.32 Å². The van der Waals surface area contributed by atoms with Crippen molar-refractivity contribution in [2.75, 3.05) is 18.1 Å². The number of nitrogens with one attached hydrogen (secondary N) is 1. The summed E-state index contributed by atoms with van der Waals surface area (Å²) in [6.45, 7) is 1.86. The zero-order chi connectivity index (χ0) is 12.2. The van der Waals surface area contributed by atoms with Crippen molar-refractivity contribution in [1.29, 1.82) is 0 Å². The van der Waals surface area contributed by atoms with Crippen molar-refractivity contribution in [3.63, 3.8) is 0 Å². The van der Waals surface area contributed by atoms with Gasteiger partial charge in [0.15, 0.2) is 0 Å². The summed E-state index contributed by atoms with van der Waals surface area (Å²) in [6, 6.07) is 0. The maximum atomic E-state index is 11.4. The van der Waals surface area contributed by atoms with Gasteiger partial charge in [-0.15, -0.1) is 0 Å². The molecule has 1 aliphatic heterocycles. The average Bonchev–Trinajstić information content (AvgIpc) is 2.18. The minimum Gasteiger partial charge on any atom is -0.392 e. The number of sulfone groups is 1. The third kappa shape index (κ3) is 4.94. The maximum absolute atomic E-state index is 11.4. The molecular weight excluding hydrogens is 230 g/mol. The Hall–Kier alpha value is -0.620. The van der Waals surface area contributed by atoms with E-state index in [1.165, 1.54) is 0 Å². The molecule has 6 heteroatoms. The molecule has 0 radical (unpaired) electrons. The van der Waals surface area contributed by atoms with Crippen molar-refractivity contribution in [2.45, 2.75) is 32.3 Å². The number of amides is 1. The highest BCUT2D eigenvalue weighted by Crippen LogP contribution is 2.21. The summed E-state index contributed by atoms with van der Waals surface area (Å²) in [4.78, 5) is 11.4. The molecule has 0 aromatic rings. The van der Waals surface area contributed by atoms with Crippen LogP contribution in [0.2, 0.25) is 0 Å². The zero-order valence-electron chi connectivity index (χ0n) is 9.48. The van der Waals surface area contributed by atoms with Gasteiger partial charge in [-0.3, -0.25) is 4.79 Å². The first-order valence-electron chi connectivity index (χ1n) is 5.54. The number of carbonyl (C=O) groups is 1. The Kier molecular flexibility index (Phi) is 4.73. The van der Waals surface area contributed by atoms with Gasteiger partial charge in [-0.25, -0.2) is 8.42 Å². The van der Waals surface area contributed by atoms with Crippen LogP contribution in [0.5, 0.6) is 0 Å². The second-order valence-electron chi connectivity index (χ2n) is 4.45. The third-order valence-electron chi connectivity index (χ3n) is 2.74. The molecule has 1 amide bonds. The van der Waals surface area contributed by atoms with Crippen molar-refractivity contribution in [2.24, 2.45) is 5.92 Å². The summed E-state index contributed by atoms with van der Waals surface area (Å²) in [6.07, 6.45) is 0.965. The molecule has 0 bridgehead atoms. The highest BCUT2D eigenvalue weighted by Gasteiger charge is 2.25. The van der Waals surface area contributed by atoms with Crippen LogP contribution in [0.3, 0.4) is 0 Å². The fraction of sp³-hybridized carbons (Fsp3) is 0.900. The van der Waals surface area contributed by atoms with Gasteiger partial charge in [0.1, 0.15) is 9.84 Å². The minimum atomic E-state index is -2.85. The van der Waals surface area contributed by atoms with Gasteiger partial charge in [0, 0.05) is 13.0 Å². The minimum absolute atomic E-state index is 0.106. The summed E-state index contributed by atoms with van der Waals surface area (Å²) in [7, 11) is -2.85. The predicted octanol–water partition coefficient (Wildman–Crippen LogP) is -0.302. The number of carbonyl (C=O) groups excluding carboxylic acids is 1. The van der Waals surface area contributed by atoms with Gasteiger partial charge in [0.05, 0.1) is 17.6 Å². The van der Waals surface area contributed by atoms with Crippen LogP contribution in [0.25, 0.3) is 0 Å². The molecule has 1 saturated heterocycles. The molecule has 1 rings (SSSR count). The van der Waals surface area contributed by atoms with Gasteiger partial charge in [-0.1, -0.05) is 0 Å². The quantitative estimate of drug-likeness (QED) is 0.716. The Morgan fingerprint density at radius 2 is 2.00 bits per heavy atom. The first kappa shape index (κ1) is 13.4. The lowest BCUT2D eigenvalue weighted by Gasteiger charge is -2.21. The lowest BCUT2D eigenvalue weighted by atomic mass is 9.98. The molecule has 1 aliphatic rings. The summed E-state index contributed by atoms with van der Waals surface area (Å²) in [5.74, 6) is 0.450. The Labute approximate surface area is 96.1 Å². The standard InChI is InChI=1S/C10H19NO4S/c1-8(12)7-11-10(13)6-9-2-4-16(14,15)5-3-9/h8-9,12H,2-7H2,1H3,(H,11,13). The van der Waals surface area contributed by atoms with Crippen LogP contribution in [-0.4, -0.2) is 43.6 Å². The van der Waals surface area contributed by atoms with Crippen LogP contribution in [-0.2, 0) is 14.6 Å². The Morgan fingerprint density at radius 1 is 1.44 bits per heavy atom. The molecule has 1 fully saturated rings. The molecule has 0 spiro atoms. The molecule has 1 unspecified atom stereocenters. The van der Waals surface area contributed by atoms with Crippen molar-refractivity contribution < 1.29 is 18.3 Å². The van der Waals surface area contributed by atoms with E-state index in [9.17, 15) is 13.2 Å². The van der Waals surface area contributed by atoms with Gasteiger partial charge in [0.2, 0.25) is 5.91 Å². The van der Waals surface area contributed by atoms with Crippen molar-refractivity contribution in [3.05, 3.63) is 0 Å². The van der Waals surface area contributed by atoms with Crippen molar-refractivity contribution in [1.82, 2.24) is 5.32 Å². The van der Waals surface area contributed by atoms with E-state index in [1.807, 2.05) is 0 Å². The topological polar surface area (TPSA) is 83.5 Å². The van der Waals surface area contributed by atoms with Gasteiger partial charge >= 0.3 is 0 Å². The van der Waals surface area contributed by atoms with Gasteiger partial charge in [0.25, 0.3) is 0 Å². The normalized spacial score (nSPS) is 22.6. The molecule has 2 N–H and O–H groups in total. The van der Waals surface area contributed by atoms with Crippen molar-refractivity contribution >= 4 is 15.7 Å². The fourth-order valence-electron chi connectivity index (χ4n) is 1.74. The molecular formula is C10H19NO4S. The number of hydrogen-bond donors (Lipinski definition) is 2. The van der Waals surface area contributed by atoms with E-state index in [2.05, 4.69) is 5.32 Å². The predicted molar refractivity (Wildman–Crippen MR) is 60.7 cm³/mol. The molecule has 0 aliphatic carbocycles. The Morgan fingerprint density at radius 3 is 2.50 bits per heavy atom. The summed E-state index contributed by atoms with van der Waals surface area (Å²) < 4.78 is 22.3. The Bertz CT molecular complexity index is 323. The van der Waals surface area contributed by atoms with Crippen LogP contribution >= 0.6 is 0 Å². The molecule has 0 saturated carbocycles. The van der Waals surface area contributed by atoms with E-state index in [-0.39, 0.29) is 29.9 Å². The van der Waals surface area contributed by atoms with E-state index in [0.29, 0.717) is 19.3 Å². The summed E-state index contributed by atoms with van der Waals surface area (Å²) in [5, 5.41) is 11.6. The molecule has 1 heterocycles. The third-order valence-corrected chi connectivity index (χ3v) is 4.46. The molecule has 5 nitrogen and oxygen atoms in total. The first-order valence-corrected chi connectivity index (χ1v) is 7.36. The molecule has 94 valence electrons. The average molecular weight is 249 g/mol. The molecule has 1 atom stereocenters. The summed E-state index contributed by atoms with van der Waals surface area (Å²) >= 11 is 0. The van der Waals surface area contributed by atoms with E-state index in [1.54, 1.807) is 6.92 Å². The number of aliphatic hydroxyl groups is 1. The maximum Gasteiger partial charge on any atom is 0.220 e. The second-order valence-corrected chi connectivity index (χ2v) is 6.76. The van der Waals surface area contributed by atoms with Crippen molar-refractivity contribution in [3.8, 4) is 0 Å².